The lowest BCUT2D eigenvalue weighted by Crippen LogP contribution is -2.29. The molecule has 0 spiro atoms. The molecule has 0 saturated carbocycles. The largest absolute Gasteiger partial charge is 0.346 e. The molecule has 3 aromatic rings. The molecule has 0 fully saturated rings. The molecule has 2 atom stereocenters. The third-order valence-electron chi connectivity index (χ3n) is 4.95. The molecule has 0 aliphatic rings. The molecule has 3 aromatic carbocycles. The van der Waals surface area contributed by atoms with Crippen molar-refractivity contribution in [2.45, 2.75) is 25.9 Å². The maximum Gasteiger partial charge on any atom is 0.271 e. The molecular weight excluding hydrogens is 394 g/mol. The van der Waals surface area contributed by atoms with Crippen LogP contribution in [-0.4, -0.2) is 16.7 Å². The van der Waals surface area contributed by atoms with Gasteiger partial charge in [0.2, 0.25) is 0 Å². The van der Waals surface area contributed by atoms with E-state index in [4.69, 9.17) is 0 Å². The molecule has 158 valence electrons. The van der Waals surface area contributed by atoms with Gasteiger partial charge in [-0.05, 0) is 31.0 Å². The molecule has 0 saturated heterocycles. The fourth-order valence-electron chi connectivity index (χ4n) is 3.19. The summed E-state index contributed by atoms with van der Waals surface area (Å²) in [6, 6.07) is 21.8. The van der Waals surface area contributed by atoms with Crippen molar-refractivity contribution in [1.82, 2.24) is 10.6 Å². The number of hydrogen-bond acceptors (Lipinski definition) is 4. The second-order valence-electron chi connectivity index (χ2n) is 7.24. The van der Waals surface area contributed by atoms with Crippen molar-refractivity contribution in [3.8, 4) is 0 Å². The smallest absolute Gasteiger partial charge is 0.271 e. The van der Waals surface area contributed by atoms with Gasteiger partial charge in [0.15, 0.2) is 0 Å². The quantitative estimate of drug-likeness (QED) is 0.434. The molecule has 2 unspecified atom stereocenters. The summed E-state index contributed by atoms with van der Waals surface area (Å²) in [7, 11) is 0. The van der Waals surface area contributed by atoms with E-state index in [1.165, 1.54) is 18.2 Å². The molecule has 0 aliphatic heterocycles. The third kappa shape index (κ3) is 5.54. The molecular formula is C24H23N3O4. The molecule has 0 bridgehead atoms. The minimum atomic E-state index is -0.616. The van der Waals surface area contributed by atoms with Crippen LogP contribution < -0.4 is 10.6 Å². The van der Waals surface area contributed by atoms with E-state index >= 15 is 0 Å². The number of nitrogens with one attached hydrogen (secondary N) is 2. The highest BCUT2D eigenvalue weighted by Gasteiger charge is 2.20. The van der Waals surface area contributed by atoms with Gasteiger partial charge in [0.05, 0.1) is 17.0 Å². The van der Waals surface area contributed by atoms with Crippen LogP contribution in [0.3, 0.4) is 0 Å². The van der Waals surface area contributed by atoms with Gasteiger partial charge in [-0.3, -0.25) is 19.7 Å². The molecule has 3 rings (SSSR count). The lowest BCUT2D eigenvalue weighted by Gasteiger charge is -2.16. The topological polar surface area (TPSA) is 101 Å². The van der Waals surface area contributed by atoms with Crippen molar-refractivity contribution >= 4 is 17.5 Å². The zero-order chi connectivity index (χ0) is 22.4. The summed E-state index contributed by atoms with van der Waals surface area (Å²) >= 11 is 0. The first-order valence-electron chi connectivity index (χ1n) is 9.86. The first-order valence-corrected chi connectivity index (χ1v) is 9.86. The first-order chi connectivity index (χ1) is 14.8. The summed E-state index contributed by atoms with van der Waals surface area (Å²) < 4.78 is 0. The van der Waals surface area contributed by atoms with Gasteiger partial charge < -0.3 is 10.6 Å². The third-order valence-corrected chi connectivity index (χ3v) is 4.95. The van der Waals surface area contributed by atoms with E-state index in [2.05, 4.69) is 10.6 Å². The number of carbonyl (C=O) groups excluding carboxylic acids is 2. The summed E-state index contributed by atoms with van der Waals surface area (Å²) in [6.45, 7) is 3.64. The summed E-state index contributed by atoms with van der Waals surface area (Å²) in [5.41, 5.74) is 1.58. The lowest BCUT2D eigenvalue weighted by molar-refractivity contribution is -0.384. The number of nitrogens with zero attached hydrogens (tertiary/aromatic N) is 1. The number of carbonyl (C=O) groups is 2. The van der Waals surface area contributed by atoms with Crippen LogP contribution in [0.15, 0.2) is 78.9 Å². The van der Waals surface area contributed by atoms with E-state index in [0.717, 1.165) is 11.1 Å². The van der Waals surface area contributed by atoms with Crippen molar-refractivity contribution in [1.29, 1.82) is 0 Å². The summed E-state index contributed by atoms with van der Waals surface area (Å²) in [5, 5.41) is 17.0. The maximum absolute atomic E-state index is 12.8. The summed E-state index contributed by atoms with van der Waals surface area (Å²) in [4.78, 5) is 36.3. The van der Waals surface area contributed by atoms with E-state index < -0.39 is 16.7 Å². The second kappa shape index (κ2) is 9.67. The molecule has 7 heteroatoms. The Kier molecular flexibility index (Phi) is 6.77. The zero-order valence-electron chi connectivity index (χ0n) is 17.2. The van der Waals surface area contributed by atoms with Crippen LogP contribution >= 0.6 is 0 Å². The Hall–Kier alpha value is -4.00. The van der Waals surface area contributed by atoms with Gasteiger partial charge >= 0.3 is 0 Å². The Morgan fingerprint density at radius 2 is 1.13 bits per heavy atom. The molecule has 0 aromatic heterocycles. The van der Waals surface area contributed by atoms with Gasteiger partial charge in [-0.15, -0.1) is 0 Å². The number of rotatable bonds is 7. The lowest BCUT2D eigenvalue weighted by atomic mass is 10.0. The fraction of sp³-hybridized carbons (Fsp3) is 0.167. The number of non-ortho nitro benzene ring substituents is 1. The van der Waals surface area contributed by atoms with E-state index in [0.29, 0.717) is 0 Å². The highest BCUT2D eigenvalue weighted by molar-refractivity contribution is 6.01. The maximum atomic E-state index is 12.8. The van der Waals surface area contributed by atoms with Gasteiger partial charge in [-0.1, -0.05) is 60.7 Å². The van der Waals surface area contributed by atoms with Crippen LogP contribution in [-0.2, 0) is 0 Å². The van der Waals surface area contributed by atoms with E-state index in [9.17, 15) is 19.7 Å². The SMILES string of the molecule is CC(NC(=O)c1cc(C(=O)NC(C)c2ccccc2)cc([N+](=O)[O-])c1)c1ccccc1. The highest BCUT2D eigenvalue weighted by atomic mass is 16.6. The number of nitro benzene ring substituents is 1. The fourth-order valence-corrected chi connectivity index (χ4v) is 3.19. The first kappa shape index (κ1) is 21.7. The van der Waals surface area contributed by atoms with Gasteiger partial charge in [0.1, 0.15) is 0 Å². The standard InChI is InChI=1S/C24H23N3O4/c1-16(18-9-5-3-6-10-18)25-23(28)20-13-21(15-22(14-20)27(30)31)24(29)26-17(2)19-11-7-4-8-12-19/h3-17H,1-2H3,(H,25,28)(H,26,29). The van der Waals surface area contributed by atoms with Crippen LogP contribution in [0.5, 0.6) is 0 Å². The Balaban J connectivity index is 1.82. The average molecular weight is 417 g/mol. The highest BCUT2D eigenvalue weighted by Crippen LogP contribution is 2.20. The van der Waals surface area contributed by atoms with Crippen LogP contribution in [0.1, 0.15) is 57.8 Å². The molecule has 0 heterocycles. The van der Waals surface area contributed by atoms with Crippen molar-refractivity contribution in [2.24, 2.45) is 0 Å². The van der Waals surface area contributed by atoms with Crippen molar-refractivity contribution in [3.05, 3.63) is 111 Å². The Bertz CT molecular complexity index is 1010. The Morgan fingerprint density at radius 1 is 0.742 bits per heavy atom. The van der Waals surface area contributed by atoms with Gasteiger partial charge in [-0.25, -0.2) is 0 Å². The number of nitro groups is 1. The predicted molar refractivity (Wildman–Crippen MR) is 118 cm³/mol. The Labute approximate surface area is 180 Å². The van der Waals surface area contributed by atoms with E-state index in [-0.39, 0.29) is 28.9 Å². The van der Waals surface area contributed by atoms with Crippen LogP contribution in [0.25, 0.3) is 0 Å². The number of benzene rings is 3. The van der Waals surface area contributed by atoms with Crippen LogP contribution in [0.4, 0.5) is 5.69 Å². The zero-order valence-corrected chi connectivity index (χ0v) is 17.2. The minimum absolute atomic E-state index is 0.0505. The monoisotopic (exact) mass is 417 g/mol. The van der Waals surface area contributed by atoms with Crippen molar-refractivity contribution in [3.63, 3.8) is 0 Å². The summed E-state index contributed by atoms with van der Waals surface area (Å²) in [6.07, 6.45) is 0. The van der Waals surface area contributed by atoms with Crippen LogP contribution in [0.2, 0.25) is 0 Å². The van der Waals surface area contributed by atoms with E-state index in [1.807, 2.05) is 74.5 Å². The molecule has 2 amide bonds. The molecule has 0 aliphatic carbocycles. The van der Waals surface area contributed by atoms with E-state index in [1.54, 1.807) is 0 Å². The van der Waals surface area contributed by atoms with Crippen LogP contribution in [0, 0.1) is 10.1 Å². The normalized spacial score (nSPS) is 12.5. The predicted octanol–water partition coefficient (Wildman–Crippen LogP) is 4.58. The molecule has 2 N–H and O–H groups in total. The molecule has 31 heavy (non-hydrogen) atoms. The number of hydrogen-bond donors (Lipinski definition) is 2. The Morgan fingerprint density at radius 3 is 1.48 bits per heavy atom. The minimum Gasteiger partial charge on any atom is -0.346 e. The van der Waals surface area contributed by atoms with Gasteiger partial charge in [0.25, 0.3) is 17.5 Å². The van der Waals surface area contributed by atoms with Gasteiger partial charge in [0, 0.05) is 23.3 Å². The molecule has 0 radical (unpaired) electrons. The summed E-state index contributed by atoms with van der Waals surface area (Å²) in [5.74, 6) is -0.990. The van der Waals surface area contributed by atoms with Gasteiger partial charge in [-0.2, -0.15) is 0 Å². The van der Waals surface area contributed by atoms with Crippen molar-refractivity contribution in [2.75, 3.05) is 0 Å². The number of amides is 2. The average Bonchev–Trinajstić information content (AvgIpc) is 2.79. The molecule has 7 nitrogen and oxygen atoms in total. The second-order valence-corrected chi connectivity index (χ2v) is 7.24. The van der Waals surface area contributed by atoms with Crippen molar-refractivity contribution < 1.29 is 14.5 Å².